The third-order valence-electron chi connectivity index (χ3n) is 4.19. The van der Waals surface area contributed by atoms with E-state index in [0.29, 0.717) is 32.5 Å². The van der Waals surface area contributed by atoms with E-state index in [1.165, 1.54) is 6.92 Å². The predicted octanol–water partition coefficient (Wildman–Crippen LogP) is 0.680. The standard InChI is InChI=1S/C14H25NO6S/c1-4-10(2)15(9-13(16)17)14(18)11(3)22(19,20)12-5-7-21-8-6-12/h10-12H,4-9H2,1-3H3,(H,16,17). The molecule has 0 aromatic carbocycles. The molecule has 22 heavy (non-hydrogen) atoms. The van der Waals surface area contributed by atoms with Crippen molar-refractivity contribution >= 4 is 21.7 Å². The summed E-state index contributed by atoms with van der Waals surface area (Å²) in [6.07, 6.45) is 1.31. The van der Waals surface area contributed by atoms with Gasteiger partial charge in [0.1, 0.15) is 11.8 Å². The summed E-state index contributed by atoms with van der Waals surface area (Å²) in [5, 5.41) is 7.12. The summed E-state index contributed by atoms with van der Waals surface area (Å²) in [4.78, 5) is 24.6. The van der Waals surface area contributed by atoms with E-state index in [0.717, 1.165) is 4.90 Å². The Bertz CT molecular complexity index is 497. The molecule has 1 aliphatic rings. The smallest absolute Gasteiger partial charge is 0.323 e. The second-order valence-corrected chi connectivity index (χ2v) is 8.21. The molecule has 0 bridgehead atoms. The molecule has 1 fully saturated rings. The van der Waals surface area contributed by atoms with Gasteiger partial charge < -0.3 is 14.7 Å². The van der Waals surface area contributed by atoms with Crippen molar-refractivity contribution in [3.8, 4) is 0 Å². The van der Waals surface area contributed by atoms with Gasteiger partial charge in [0.2, 0.25) is 5.91 Å². The Balaban J connectivity index is 2.93. The quantitative estimate of drug-likeness (QED) is 0.734. The molecule has 0 spiro atoms. The molecule has 2 atom stereocenters. The van der Waals surface area contributed by atoms with Crippen LogP contribution in [0.25, 0.3) is 0 Å². The van der Waals surface area contributed by atoms with E-state index < -0.39 is 38.8 Å². The van der Waals surface area contributed by atoms with Gasteiger partial charge in [-0.05, 0) is 33.1 Å². The van der Waals surface area contributed by atoms with Crippen LogP contribution in [0.15, 0.2) is 0 Å². The fraction of sp³-hybridized carbons (Fsp3) is 0.857. The molecule has 1 N–H and O–H groups in total. The number of carbonyl (C=O) groups is 2. The number of carboxylic acid groups (broad SMARTS) is 1. The Labute approximate surface area is 131 Å². The molecule has 1 saturated heterocycles. The van der Waals surface area contributed by atoms with E-state index in [4.69, 9.17) is 9.84 Å². The summed E-state index contributed by atoms with van der Waals surface area (Å²) < 4.78 is 30.3. The highest BCUT2D eigenvalue weighted by Crippen LogP contribution is 2.22. The summed E-state index contributed by atoms with van der Waals surface area (Å²) in [5.74, 6) is -1.78. The molecule has 1 amide bonds. The first kappa shape index (κ1) is 18.9. The molecule has 7 nitrogen and oxygen atoms in total. The second-order valence-electron chi connectivity index (χ2n) is 5.66. The van der Waals surface area contributed by atoms with Crippen LogP contribution in [0.2, 0.25) is 0 Å². The summed E-state index contributed by atoms with van der Waals surface area (Å²) in [5.41, 5.74) is 0. The lowest BCUT2D eigenvalue weighted by Crippen LogP contribution is -2.50. The zero-order valence-electron chi connectivity index (χ0n) is 13.3. The van der Waals surface area contributed by atoms with Crippen LogP contribution in [-0.2, 0) is 24.2 Å². The molecule has 1 rings (SSSR count). The number of nitrogens with zero attached hydrogens (tertiary/aromatic N) is 1. The minimum atomic E-state index is -3.65. The van der Waals surface area contributed by atoms with Crippen molar-refractivity contribution in [1.82, 2.24) is 4.90 Å². The van der Waals surface area contributed by atoms with Gasteiger partial charge in [0, 0.05) is 19.3 Å². The van der Waals surface area contributed by atoms with Crippen molar-refractivity contribution in [3.05, 3.63) is 0 Å². The summed E-state index contributed by atoms with van der Waals surface area (Å²) in [6, 6.07) is -0.323. The van der Waals surface area contributed by atoms with Crippen LogP contribution < -0.4 is 0 Å². The monoisotopic (exact) mass is 335 g/mol. The van der Waals surface area contributed by atoms with E-state index in [-0.39, 0.29) is 6.04 Å². The Hall–Kier alpha value is -1.15. The largest absolute Gasteiger partial charge is 0.480 e. The number of carboxylic acids is 1. The van der Waals surface area contributed by atoms with E-state index in [2.05, 4.69) is 0 Å². The maximum absolute atomic E-state index is 12.6. The van der Waals surface area contributed by atoms with Gasteiger partial charge in [-0.15, -0.1) is 0 Å². The maximum Gasteiger partial charge on any atom is 0.323 e. The number of rotatable bonds is 7. The van der Waals surface area contributed by atoms with Gasteiger partial charge in [0.15, 0.2) is 9.84 Å². The highest BCUT2D eigenvalue weighted by atomic mass is 32.2. The summed E-state index contributed by atoms with van der Waals surface area (Å²) in [7, 11) is -3.65. The molecule has 128 valence electrons. The number of hydrogen-bond acceptors (Lipinski definition) is 5. The predicted molar refractivity (Wildman–Crippen MR) is 81.3 cm³/mol. The Morgan fingerprint density at radius 2 is 1.82 bits per heavy atom. The average Bonchev–Trinajstić information content (AvgIpc) is 2.51. The summed E-state index contributed by atoms with van der Waals surface area (Å²) in [6.45, 7) is 5.15. The van der Waals surface area contributed by atoms with Crippen molar-refractivity contribution in [1.29, 1.82) is 0 Å². The Morgan fingerprint density at radius 3 is 2.27 bits per heavy atom. The molecule has 2 unspecified atom stereocenters. The maximum atomic E-state index is 12.6. The van der Waals surface area contributed by atoms with Gasteiger partial charge in [-0.25, -0.2) is 8.42 Å². The number of aliphatic carboxylic acids is 1. The van der Waals surface area contributed by atoms with Crippen molar-refractivity contribution in [3.63, 3.8) is 0 Å². The molecule has 1 aliphatic heterocycles. The molecule has 0 aliphatic carbocycles. The topological polar surface area (TPSA) is 101 Å². The lowest BCUT2D eigenvalue weighted by atomic mass is 10.2. The molecule has 0 radical (unpaired) electrons. The molecule has 1 heterocycles. The van der Waals surface area contributed by atoms with Gasteiger partial charge in [0.25, 0.3) is 0 Å². The first-order valence-electron chi connectivity index (χ1n) is 7.54. The Morgan fingerprint density at radius 1 is 1.27 bits per heavy atom. The number of amides is 1. The highest BCUT2D eigenvalue weighted by Gasteiger charge is 2.39. The number of sulfone groups is 1. The van der Waals surface area contributed by atoms with E-state index >= 15 is 0 Å². The normalized spacial score (nSPS) is 19.4. The van der Waals surface area contributed by atoms with Crippen LogP contribution in [0.4, 0.5) is 0 Å². The molecule has 0 saturated carbocycles. The van der Waals surface area contributed by atoms with Crippen molar-refractivity contribution < 1.29 is 27.9 Å². The van der Waals surface area contributed by atoms with Gasteiger partial charge in [0.05, 0.1) is 5.25 Å². The molecular formula is C14H25NO6S. The molecule has 0 aromatic heterocycles. The minimum absolute atomic E-state index is 0.323. The average molecular weight is 335 g/mol. The molecule has 8 heteroatoms. The van der Waals surface area contributed by atoms with Gasteiger partial charge in [-0.2, -0.15) is 0 Å². The van der Waals surface area contributed by atoms with Crippen LogP contribution >= 0.6 is 0 Å². The Kier molecular flexibility index (Phi) is 6.80. The minimum Gasteiger partial charge on any atom is -0.480 e. The summed E-state index contributed by atoms with van der Waals surface area (Å²) >= 11 is 0. The van der Waals surface area contributed by atoms with Crippen molar-refractivity contribution in [2.75, 3.05) is 19.8 Å². The fourth-order valence-corrected chi connectivity index (χ4v) is 4.33. The lowest BCUT2D eigenvalue weighted by Gasteiger charge is -2.31. The second kappa shape index (κ2) is 7.92. The zero-order valence-corrected chi connectivity index (χ0v) is 14.1. The fourth-order valence-electron chi connectivity index (χ4n) is 2.48. The van der Waals surface area contributed by atoms with Gasteiger partial charge >= 0.3 is 5.97 Å². The first-order chi connectivity index (χ1) is 10.2. The van der Waals surface area contributed by atoms with Crippen molar-refractivity contribution in [2.24, 2.45) is 0 Å². The lowest BCUT2D eigenvalue weighted by molar-refractivity contribution is -0.145. The number of hydrogen-bond donors (Lipinski definition) is 1. The third-order valence-corrected chi connectivity index (χ3v) is 6.77. The van der Waals surface area contributed by atoms with Crippen LogP contribution in [0.3, 0.4) is 0 Å². The van der Waals surface area contributed by atoms with Crippen LogP contribution in [0.5, 0.6) is 0 Å². The molecular weight excluding hydrogens is 310 g/mol. The number of carbonyl (C=O) groups excluding carboxylic acids is 1. The SMILES string of the molecule is CCC(C)N(CC(=O)O)C(=O)C(C)S(=O)(=O)C1CCOCC1. The third kappa shape index (κ3) is 4.42. The van der Waals surface area contributed by atoms with Crippen molar-refractivity contribution in [2.45, 2.75) is 56.6 Å². The van der Waals surface area contributed by atoms with E-state index in [9.17, 15) is 18.0 Å². The van der Waals surface area contributed by atoms with E-state index in [1.54, 1.807) is 6.92 Å². The molecule has 0 aromatic rings. The first-order valence-corrected chi connectivity index (χ1v) is 9.15. The highest BCUT2D eigenvalue weighted by molar-refractivity contribution is 7.93. The van der Waals surface area contributed by atoms with Crippen LogP contribution in [0.1, 0.15) is 40.0 Å². The van der Waals surface area contributed by atoms with Crippen LogP contribution in [0, 0.1) is 0 Å². The van der Waals surface area contributed by atoms with E-state index in [1.807, 2.05) is 6.92 Å². The van der Waals surface area contributed by atoms with Crippen LogP contribution in [-0.4, -0.2) is 66.6 Å². The van der Waals surface area contributed by atoms with Gasteiger partial charge in [-0.1, -0.05) is 6.92 Å². The van der Waals surface area contributed by atoms with Gasteiger partial charge in [-0.3, -0.25) is 9.59 Å². The number of ether oxygens (including phenoxy) is 1. The zero-order chi connectivity index (χ0) is 16.9.